The van der Waals surface area contributed by atoms with Gasteiger partial charge in [0.05, 0.1) is 38.1 Å². The number of likely N-dealkylation sites (tertiary alicyclic amines) is 1. The summed E-state index contributed by atoms with van der Waals surface area (Å²) in [5.74, 6) is 1.55. The Balaban J connectivity index is 1.69. The molecule has 0 saturated carbocycles. The quantitative estimate of drug-likeness (QED) is 0.455. The highest BCUT2D eigenvalue weighted by Crippen LogP contribution is 2.24. The van der Waals surface area contributed by atoms with E-state index in [1.165, 1.54) is 7.11 Å². The first-order valence-corrected chi connectivity index (χ1v) is 9.85. The minimum atomic E-state index is -0.158. The van der Waals surface area contributed by atoms with Gasteiger partial charge in [0.25, 0.3) is 0 Å². The number of methoxy groups -OCH3 is 2. The third kappa shape index (κ3) is 4.88. The van der Waals surface area contributed by atoms with Crippen molar-refractivity contribution >= 4 is 11.9 Å². The number of rotatable bonds is 6. The zero-order valence-corrected chi connectivity index (χ0v) is 17.5. The lowest BCUT2D eigenvalue weighted by Crippen LogP contribution is -2.40. The number of carbonyl (C=O) groups excluding carboxylic acids is 1. The van der Waals surface area contributed by atoms with Crippen LogP contribution in [-0.2, 0) is 16.1 Å². The highest BCUT2D eigenvalue weighted by molar-refractivity contribution is 5.82. The van der Waals surface area contributed by atoms with E-state index in [4.69, 9.17) is 14.5 Å². The summed E-state index contributed by atoms with van der Waals surface area (Å²) in [6.45, 7) is 6.70. The maximum Gasteiger partial charge on any atom is 0.310 e. The van der Waals surface area contributed by atoms with Gasteiger partial charge in [0.2, 0.25) is 0 Å². The van der Waals surface area contributed by atoms with Gasteiger partial charge in [0.15, 0.2) is 5.96 Å². The molecule has 1 fully saturated rings. The minimum Gasteiger partial charge on any atom is -0.497 e. The summed E-state index contributed by atoms with van der Waals surface area (Å²) in [6, 6.07) is 9.69. The molecule has 8 nitrogen and oxygen atoms in total. The number of esters is 1. The van der Waals surface area contributed by atoms with Crippen molar-refractivity contribution in [1.82, 2.24) is 20.0 Å². The van der Waals surface area contributed by atoms with Crippen LogP contribution in [0.4, 0.5) is 0 Å². The Morgan fingerprint density at radius 3 is 2.66 bits per heavy atom. The molecule has 8 heteroatoms. The molecule has 0 bridgehead atoms. The number of hydrogen-bond acceptors (Lipinski definition) is 5. The Hall–Kier alpha value is -3.03. The Bertz CT molecular complexity index is 846. The third-order valence-electron chi connectivity index (χ3n) is 5.12. The molecule has 0 radical (unpaired) electrons. The van der Waals surface area contributed by atoms with Gasteiger partial charge in [-0.15, -0.1) is 0 Å². The summed E-state index contributed by atoms with van der Waals surface area (Å²) in [5.41, 5.74) is 1.83. The Morgan fingerprint density at radius 2 is 2.00 bits per heavy atom. The average Bonchev–Trinajstić information content (AvgIpc) is 3.37. The van der Waals surface area contributed by atoms with Crippen LogP contribution in [0.2, 0.25) is 0 Å². The van der Waals surface area contributed by atoms with Gasteiger partial charge < -0.3 is 19.7 Å². The van der Waals surface area contributed by atoms with Crippen molar-refractivity contribution in [3.8, 4) is 11.4 Å². The third-order valence-corrected chi connectivity index (χ3v) is 5.12. The van der Waals surface area contributed by atoms with E-state index < -0.39 is 0 Å². The van der Waals surface area contributed by atoms with Crippen LogP contribution in [0.3, 0.4) is 0 Å². The molecule has 1 saturated heterocycles. The number of aromatic nitrogens is 2. The highest BCUT2D eigenvalue weighted by atomic mass is 16.5. The summed E-state index contributed by atoms with van der Waals surface area (Å²) in [4.78, 5) is 18.8. The van der Waals surface area contributed by atoms with Crippen LogP contribution in [0, 0.1) is 11.8 Å². The molecule has 1 aliphatic heterocycles. The number of nitrogens with one attached hydrogen (secondary N) is 1. The molecule has 0 amide bonds. The first-order chi connectivity index (χ1) is 14.0. The SMILES string of the molecule is CCNC(=NCc1ccn(-c2ccc(OC)cc2)n1)N1CC(C)C(C(=O)OC)C1. The second-order valence-corrected chi connectivity index (χ2v) is 7.13. The molecule has 0 aliphatic carbocycles. The Kier molecular flexibility index (Phi) is 6.74. The van der Waals surface area contributed by atoms with Gasteiger partial charge in [0.1, 0.15) is 5.75 Å². The second-order valence-electron chi connectivity index (χ2n) is 7.13. The van der Waals surface area contributed by atoms with Crippen molar-refractivity contribution in [3.05, 3.63) is 42.2 Å². The number of aliphatic imine (C=N–C) groups is 1. The lowest BCUT2D eigenvalue weighted by molar-refractivity contribution is -0.145. The highest BCUT2D eigenvalue weighted by Gasteiger charge is 2.36. The number of guanidine groups is 1. The van der Waals surface area contributed by atoms with Crippen molar-refractivity contribution in [2.75, 3.05) is 33.9 Å². The molecule has 2 unspecified atom stereocenters. The van der Waals surface area contributed by atoms with Gasteiger partial charge in [-0.25, -0.2) is 9.67 Å². The van der Waals surface area contributed by atoms with Gasteiger partial charge >= 0.3 is 5.97 Å². The predicted octanol–water partition coefficient (Wildman–Crippen LogP) is 2.09. The largest absolute Gasteiger partial charge is 0.497 e. The molecule has 1 N–H and O–H groups in total. The molecule has 1 aliphatic rings. The molecular formula is C21H29N5O3. The van der Waals surface area contributed by atoms with Gasteiger partial charge in [-0.2, -0.15) is 5.10 Å². The molecule has 0 spiro atoms. The molecule has 2 aromatic rings. The van der Waals surface area contributed by atoms with Crippen LogP contribution >= 0.6 is 0 Å². The molecule has 156 valence electrons. The van der Waals surface area contributed by atoms with E-state index in [0.29, 0.717) is 13.1 Å². The number of hydrogen-bond donors (Lipinski definition) is 1. The van der Waals surface area contributed by atoms with Crippen molar-refractivity contribution in [2.24, 2.45) is 16.8 Å². The van der Waals surface area contributed by atoms with Crippen molar-refractivity contribution < 1.29 is 14.3 Å². The van der Waals surface area contributed by atoms with Gasteiger partial charge in [-0.1, -0.05) is 6.92 Å². The maximum absolute atomic E-state index is 12.0. The summed E-state index contributed by atoms with van der Waals surface area (Å²) in [5, 5.41) is 7.93. The Labute approximate surface area is 171 Å². The van der Waals surface area contributed by atoms with E-state index in [-0.39, 0.29) is 17.8 Å². The topological polar surface area (TPSA) is 81.0 Å². The van der Waals surface area contributed by atoms with Gasteiger partial charge in [-0.3, -0.25) is 4.79 Å². The number of carbonyl (C=O) groups is 1. The summed E-state index contributed by atoms with van der Waals surface area (Å²) >= 11 is 0. The molecule has 1 aromatic heterocycles. The smallest absolute Gasteiger partial charge is 0.310 e. The Morgan fingerprint density at radius 1 is 1.24 bits per heavy atom. The lowest BCUT2D eigenvalue weighted by atomic mass is 9.99. The normalized spacial score (nSPS) is 19.3. The molecular weight excluding hydrogens is 370 g/mol. The van der Waals surface area contributed by atoms with Crippen LogP contribution in [0.5, 0.6) is 5.75 Å². The van der Waals surface area contributed by atoms with Crippen LogP contribution in [0.25, 0.3) is 5.69 Å². The second kappa shape index (κ2) is 9.45. The fourth-order valence-corrected chi connectivity index (χ4v) is 3.50. The fraction of sp³-hybridized carbons (Fsp3) is 0.476. The minimum absolute atomic E-state index is 0.127. The van der Waals surface area contributed by atoms with E-state index >= 15 is 0 Å². The summed E-state index contributed by atoms with van der Waals surface area (Å²) < 4.78 is 12.0. The van der Waals surface area contributed by atoms with Crippen molar-refractivity contribution in [2.45, 2.75) is 20.4 Å². The van der Waals surface area contributed by atoms with Crippen LogP contribution in [-0.4, -0.2) is 60.5 Å². The predicted molar refractivity (Wildman–Crippen MR) is 111 cm³/mol. The molecule has 29 heavy (non-hydrogen) atoms. The maximum atomic E-state index is 12.0. The molecule has 3 rings (SSSR count). The van der Waals surface area contributed by atoms with Gasteiger partial charge in [-0.05, 0) is 43.2 Å². The van der Waals surface area contributed by atoms with E-state index in [1.807, 2.05) is 48.1 Å². The van der Waals surface area contributed by atoms with Gasteiger partial charge in [0, 0.05) is 25.8 Å². The van der Waals surface area contributed by atoms with Crippen molar-refractivity contribution in [1.29, 1.82) is 0 Å². The number of benzene rings is 1. The zero-order valence-electron chi connectivity index (χ0n) is 17.5. The van der Waals surface area contributed by atoms with Crippen LogP contribution in [0.15, 0.2) is 41.5 Å². The molecule has 1 aromatic carbocycles. The number of ether oxygens (including phenoxy) is 2. The van der Waals surface area contributed by atoms with Crippen molar-refractivity contribution in [3.63, 3.8) is 0 Å². The summed E-state index contributed by atoms with van der Waals surface area (Å²) in [6.07, 6.45) is 1.92. The first kappa shape index (κ1) is 20.7. The molecule has 2 atom stereocenters. The van der Waals surface area contributed by atoms with E-state index in [9.17, 15) is 4.79 Å². The van der Waals surface area contributed by atoms with Crippen LogP contribution in [0.1, 0.15) is 19.5 Å². The first-order valence-electron chi connectivity index (χ1n) is 9.85. The standard InChI is InChI=1S/C21H29N5O3/c1-5-22-21(25-13-15(2)19(14-25)20(27)29-4)23-12-16-10-11-26(24-16)17-6-8-18(28-3)9-7-17/h6-11,15,19H,5,12-14H2,1-4H3,(H,22,23). The fourth-order valence-electron chi connectivity index (χ4n) is 3.50. The summed E-state index contributed by atoms with van der Waals surface area (Å²) in [7, 11) is 3.09. The van der Waals surface area contributed by atoms with E-state index in [0.717, 1.165) is 36.2 Å². The van der Waals surface area contributed by atoms with Crippen LogP contribution < -0.4 is 10.1 Å². The zero-order chi connectivity index (χ0) is 20.8. The monoisotopic (exact) mass is 399 g/mol. The molecule has 2 heterocycles. The van der Waals surface area contributed by atoms with E-state index in [1.54, 1.807) is 7.11 Å². The van der Waals surface area contributed by atoms with E-state index in [2.05, 4.69) is 22.2 Å². The number of nitrogens with zero attached hydrogens (tertiary/aromatic N) is 4. The average molecular weight is 399 g/mol. The lowest BCUT2D eigenvalue weighted by Gasteiger charge is -2.21.